The van der Waals surface area contributed by atoms with Crippen molar-refractivity contribution in [2.75, 3.05) is 11.9 Å². The lowest BCUT2D eigenvalue weighted by Gasteiger charge is -2.15. The number of hydrogen-bond acceptors (Lipinski definition) is 4. The van der Waals surface area contributed by atoms with Gasteiger partial charge >= 0.3 is 0 Å². The van der Waals surface area contributed by atoms with Crippen LogP contribution in [0.4, 0.5) is 5.69 Å². The largest absolute Gasteiger partial charge is 0.409 e. The van der Waals surface area contributed by atoms with Gasteiger partial charge in [0, 0.05) is 12.3 Å². The molecular formula is C15H23N3O3. The zero-order valence-electron chi connectivity index (χ0n) is 12.2. The first-order valence-electron chi connectivity index (χ1n) is 7.10. The first kappa shape index (κ1) is 17.0. The van der Waals surface area contributed by atoms with E-state index in [0.717, 1.165) is 18.4 Å². The maximum Gasteiger partial charge on any atom is 0.235 e. The number of rotatable bonds is 8. The van der Waals surface area contributed by atoms with E-state index in [9.17, 15) is 4.79 Å². The second-order valence-electron chi connectivity index (χ2n) is 4.88. The van der Waals surface area contributed by atoms with Crippen molar-refractivity contribution in [2.45, 2.75) is 32.6 Å². The van der Waals surface area contributed by atoms with Crippen molar-refractivity contribution in [3.8, 4) is 0 Å². The molecule has 1 aromatic carbocycles. The van der Waals surface area contributed by atoms with Crippen LogP contribution in [-0.4, -0.2) is 28.7 Å². The molecule has 6 nitrogen and oxygen atoms in total. The number of hydrogen-bond donors (Lipinski definition) is 4. The number of nitrogens with zero attached hydrogens (tertiary/aromatic N) is 1. The fraction of sp³-hybridized carbons (Fsp3) is 0.467. The van der Waals surface area contributed by atoms with E-state index in [1.54, 1.807) is 6.07 Å². The standard InChI is InChI=1S/C15H23N3O3/c1-2-5-13(14(16)18-21)15(20)17-12-8-3-6-11(10-12)7-4-9-19/h3,6,8,10,13,19,21H,2,4-5,7,9H2,1H3,(H2,16,18)(H,17,20). The Labute approximate surface area is 124 Å². The minimum atomic E-state index is -0.638. The number of amidine groups is 1. The number of aryl methyl sites for hydroxylation is 1. The number of carbonyl (C=O) groups is 1. The molecule has 1 amide bonds. The number of carbonyl (C=O) groups excluding carboxylic acids is 1. The molecule has 0 aliphatic carbocycles. The molecule has 0 saturated heterocycles. The van der Waals surface area contributed by atoms with Crippen LogP contribution in [0.3, 0.4) is 0 Å². The van der Waals surface area contributed by atoms with Crippen molar-refractivity contribution in [3.63, 3.8) is 0 Å². The summed E-state index contributed by atoms with van der Waals surface area (Å²) < 4.78 is 0. The molecule has 6 heteroatoms. The van der Waals surface area contributed by atoms with Crippen LogP contribution in [0, 0.1) is 5.92 Å². The van der Waals surface area contributed by atoms with Gasteiger partial charge in [0.25, 0.3) is 0 Å². The van der Waals surface area contributed by atoms with Crippen molar-refractivity contribution < 1.29 is 15.1 Å². The lowest BCUT2D eigenvalue weighted by atomic mass is 10.0. The molecule has 1 rings (SSSR count). The SMILES string of the molecule is CCCC(C(=O)Nc1cccc(CCCO)c1)/C(N)=N/O. The molecule has 0 radical (unpaired) electrons. The van der Waals surface area contributed by atoms with Crippen LogP contribution in [-0.2, 0) is 11.2 Å². The van der Waals surface area contributed by atoms with Crippen molar-refractivity contribution in [1.82, 2.24) is 0 Å². The van der Waals surface area contributed by atoms with Gasteiger partial charge in [0.1, 0.15) is 0 Å². The van der Waals surface area contributed by atoms with Gasteiger partial charge in [0.2, 0.25) is 5.91 Å². The van der Waals surface area contributed by atoms with Gasteiger partial charge in [0.15, 0.2) is 5.84 Å². The van der Waals surface area contributed by atoms with Crippen LogP contribution in [0.1, 0.15) is 31.7 Å². The van der Waals surface area contributed by atoms with Gasteiger partial charge in [-0.1, -0.05) is 30.6 Å². The van der Waals surface area contributed by atoms with Gasteiger partial charge in [-0.3, -0.25) is 4.79 Å². The van der Waals surface area contributed by atoms with Crippen molar-refractivity contribution in [3.05, 3.63) is 29.8 Å². The molecule has 0 aromatic heterocycles. The number of benzene rings is 1. The zero-order valence-corrected chi connectivity index (χ0v) is 12.2. The molecule has 0 fully saturated rings. The Kier molecular flexibility index (Phi) is 7.25. The highest BCUT2D eigenvalue weighted by Crippen LogP contribution is 2.15. The highest BCUT2D eigenvalue weighted by molar-refractivity contribution is 6.07. The topological polar surface area (TPSA) is 108 Å². The summed E-state index contributed by atoms with van der Waals surface area (Å²) in [5.74, 6) is -1.00. The smallest absolute Gasteiger partial charge is 0.235 e. The number of anilines is 1. The fourth-order valence-corrected chi connectivity index (χ4v) is 2.09. The number of nitrogens with one attached hydrogen (secondary N) is 1. The lowest BCUT2D eigenvalue weighted by Crippen LogP contribution is -2.34. The molecule has 0 heterocycles. The summed E-state index contributed by atoms with van der Waals surface area (Å²) in [5, 5.41) is 23.3. The Morgan fingerprint density at radius 1 is 1.48 bits per heavy atom. The summed E-state index contributed by atoms with van der Waals surface area (Å²) in [6.07, 6.45) is 2.70. The van der Waals surface area contributed by atoms with Crippen LogP contribution in [0.5, 0.6) is 0 Å². The second kappa shape index (κ2) is 8.97. The molecule has 1 unspecified atom stereocenters. The summed E-state index contributed by atoms with van der Waals surface area (Å²) in [6, 6.07) is 7.44. The minimum Gasteiger partial charge on any atom is -0.409 e. The number of amides is 1. The van der Waals surface area contributed by atoms with Crippen LogP contribution in [0.2, 0.25) is 0 Å². The molecule has 0 saturated carbocycles. The molecular weight excluding hydrogens is 270 g/mol. The second-order valence-corrected chi connectivity index (χ2v) is 4.88. The molecule has 0 aliphatic rings. The first-order valence-corrected chi connectivity index (χ1v) is 7.10. The lowest BCUT2D eigenvalue weighted by molar-refractivity contribution is -0.118. The summed E-state index contributed by atoms with van der Waals surface area (Å²) in [4.78, 5) is 12.2. The van der Waals surface area contributed by atoms with E-state index in [0.29, 0.717) is 18.5 Å². The van der Waals surface area contributed by atoms with E-state index >= 15 is 0 Å². The molecule has 116 valence electrons. The van der Waals surface area contributed by atoms with E-state index in [1.807, 2.05) is 25.1 Å². The van der Waals surface area contributed by atoms with Crippen LogP contribution < -0.4 is 11.1 Å². The predicted molar refractivity (Wildman–Crippen MR) is 82.3 cm³/mol. The maximum atomic E-state index is 12.2. The van der Waals surface area contributed by atoms with E-state index in [4.69, 9.17) is 16.0 Å². The Balaban J connectivity index is 2.76. The molecule has 1 atom stereocenters. The predicted octanol–water partition coefficient (Wildman–Crippen LogP) is 1.71. The Morgan fingerprint density at radius 2 is 2.24 bits per heavy atom. The fourth-order valence-electron chi connectivity index (χ4n) is 2.09. The van der Waals surface area contributed by atoms with Crippen LogP contribution >= 0.6 is 0 Å². The molecule has 0 spiro atoms. The molecule has 1 aromatic rings. The van der Waals surface area contributed by atoms with Crippen molar-refractivity contribution in [1.29, 1.82) is 0 Å². The van der Waals surface area contributed by atoms with Crippen LogP contribution in [0.25, 0.3) is 0 Å². The summed E-state index contributed by atoms with van der Waals surface area (Å²) in [6.45, 7) is 2.07. The van der Waals surface area contributed by atoms with E-state index in [-0.39, 0.29) is 18.3 Å². The number of nitrogens with two attached hydrogens (primary N) is 1. The third-order valence-corrected chi connectivity index (χ3v) is 3.18. The summed E-state index contributed by atoms with van der Waals surface area (Å²) in [5.41, 5.74) is 7.27. The van der Waals surface area contributed by atoms with Gasteiger partial charge in [0.05, 0.1) is 5.92 Å². The first-order chi connectivity index (χ1) is 10.1. The molecule has 0 aliphatic heterocycles. The number of oxime groups is 1. The zero-order chi connectivity index (χ0) is 15.7. The average Bonchev–Trinajstić information content (AvgIpc) is 2.50. The third kappa shape index (κ3) is 5.43. The monoisotopic (exact) mass is 293 g/mol. The molecule has 0 bridgehead atoms. The van der Waals surface area contributed by atoms with Crippen molar-refractivity contribution >= 4 is 17.4 Å². The van der Waals surface area contributed by atoms with Crippen molar-refractivity contribution in [2.24, 2.45) is 16.8 Å². The summed E-state index contributed by atoms with van der Waals surface area (Å²) in [7, 11) is 0. The Bertz CT molecular complexity index is 489. The van der Waals surface area contributed by atoms with Gasteiger partial charge < -0.3 is 21.4 Å². The van der Waals surface area contributed by atoms with Gasteiger partial charge in [-0.15, -0.1) is 0 Å². The minimum absolute atomic E-state index is 0.0780. The Hall–Kier alpha value is -2.08. The average molecular weight is 293 g/mol. The number of aliphatic hydroxyl groups is 1. The molecule has 5 N–H and O–H groups in total. The van der Waals surface area contributed by atoms with E-state index < -0.39 is 5.92 Å². The highest BCUT2D eigenvalue weighted by atomic mass is 16.4. The normalized spacial score (nSPS) is 13.0. The van der Waals surface area contributed by atoms with Crippen LogP contribution in [0.15, 0.2) is 29.4 Å². The third-order valence-electron chi connectivity index (χ3n) is 3.18. The number of aliphatic hydroxyl groups excluding tert-OH is 1. The maximum absolute atomic E-state index is 12.2. The molecule has 21 heavy (non-hydrogen) atoms. The van der Waals surface area contributed by atoms with Gasteiger partial charge in [-0.2, -0.15) is 0 Å². The quantitative estimate of drug-likeness (QED) is 0.253. The Morgan fingerprint density at radius 3 is 2.86 bits per heavy atom. The van der Waals surface area contributed by atoms with Gasteiger partial charge in [-0.25, -0.2) is 0 Å². The summed E-state index contributed by atoms with van der Waals surface area (Å²) >= 11 is 0. The van der Waals surface area contributed by atoms with Gasteiger partial charge in [-0.05, 0) is 37.0 Å². The van der Waals surface area contributed by atoms with E-state index in [1.165, 1.54) is 0 Å². The van der Waals surface area contributed by atoms with E-state index in [2.05, 4.69) is 10.5 Å². The highest BCUT2D eigenvalue weighted by Gasteiger charge is 2.22.